The molecule has 2 bridgehead atoms. The Bertz CT molecular complexity index is 1390. The van der Waals surface area contributed by atoms with Gasteiger partial charge in [0.15, 0.2) is 0 Å². The first-order chi connectivity index (χ1) is 23.5. The molecule has 1 aliphatic heterocycles. The average Bonchev–Trinajstić information content (AvgIpc) is 3.41. The van der Waals surface area contributed by atoms with E-state index in [0.717, 1.165) is 38.4 Å². The summed E-state index contributed by atoms with van der Waals surface area (Å²) in [6, 6.07) is -0.618. The lowest BCUT2D eigenvalue weighted by atomic mass is 9.45. The molecule has 6 fully saturated rings. The lowest BCUT2D eigenvalue weighted by Gasteiger charge is -2.62. The summed E-state index contributed by atoms with van der Waals surface area (Å²) in [5, 5.41) is 19.9. The Balaban J connectivity index is 1.36. The maximum absolute atomic E-state index is 14.3. The van der Waals surface area contributed by atoms with Crippen molar-refractivity contribution in [3.8, 4) is 0 Å². The van der Waals surface area contributed by atoms with Crippen molar-refractivity contribution in [1.29, 1.82) is 0 Å². The lowest BCUT2D eigenvalue weighted by Crippen LogP contribution is -2.62. The Morgan fingerprint density at radius 3 is 2.46 bits per heavy atom. The highest BCUT2D eigenvalue weighted by Crippen LogP contribution is 2.61. The first-order valence-corrected chi connectivity index (χ1v) is 20.5. The second kappa shape index (κ2) is 15.5. The number of carbonyl (C=O) groups excluding carboxylic acids is 2. The van der Waals surface area contributed by atoms with Gasteiger partial charge in [-0.1, -0.05) is 32.3 Å². The first kappa shape index (κ1) is 39.2. The van der Waals surface area contributed by atoms with E-state index in [9.17, 15) is 23.1 Å². The number of nitrogens with zero attached hydrogens (tertiary/aromatic N) is 5. The van der Waals surface area contributed by atoms with Crippen molar-refractivity contribution in [3.63, 3.8) is 0 Å². The number of nitrogens with one attached hydrogen (secondary N) is 2. The summed E-state index contributed by atoms with van der Waals surface area (Å²) in [5.74, 6) is 0.0470. The molecule has 0 spiro atoms. The van der Waals surface area contributed by atoms with E-state index in [4.69, 9.17) is 15.1 Å². The maximum atomic E-state index is 14.3. The predicted molar refractivity (Wildman–Crippen MR) is 189 cm³/mol. The monoisotopic (exact) mass is 723 g/mol. The second-order valence-corrected chi connectivity index (χ2v) is 18.8. The van der Waals surface area contributed by atoms with E-state index < -0.39 is 46.0 Å². The van der Waals surface area contributed by atoms with Gasteiger partial charge < -0.3 is 20.1 Å². The number of methoxy groups -OCH3 is 1. The Labute approximate surface area is 298 Å². The molecule has 0 aromatic carbocycles. The van der Waals surface area contributed by atoms with Crippen molar-refractivity contribution in [1.82, 2.24) is 20.0 Å². The number of rotatable bonds is 12. The van der Waals surface area contributed by atoms with Crippen LogP contribution in [0.15, 0.2) is 5.11 Å². The van der Waals surface area contributed by atoms with E-state index in [1.807, 2.05) is 14.1 Å². The normalized spacial score (nSPS) is 40.7. The van der Waals surface area contributed by atoms with Crippen LogP contribution in [0.4, 0.5) is 0 Å². The largest absolute Gasteiger partial charge is 0.393 e. The minimum absolute atomic E-state index is 0.00353. The molecule has 5 saturated carbocycles. The van der Waals surface area contributed by atoms with Gasteiger partial charge in [-0.05, 0) is 107 Å². The molecule has 50 heavy (non-hydrogen) atoms. The summed E-state index contributed by atoms with van der Waals surface area (Å²) in [6.45, 7) is 8.95. The quantitative estimate of drug-likeness (QED) is 0.154. The van der Waals surface area contributed by atoms with Crippen LogP contribution in [0.2, 0.25) is 0 Å². The van der Waals surface area contributed by atoms with Crippen molar-refractivity contribution >= 4 is 21.8 Å². The molecule has 1 saturated heterocycles. The zero-order chi connectivity index (χ0) is 36.7. The number of carbonyl (C=O) groups is 2. The zero-order valence-electron chi connectivity index (χ0n) is 31.2. The molecule has 3 N–H and O–H groups in total. The van der Waals surface area contributed by atoms with Gasteiger partial charge in [0.05, 0.1) is 31.1 Å². The van der Waals surface area contributed by atoms with E-state index in [0.29, 0.717) is 37.1 Å². The number of sulfonamides is 1. The van der Waals surface area contributed by atoms with Crippen molar-refractivity contribution in [2.75, 3.05) is 40.6 Å². The van der Waals surface area contributed by atoms with Crippen molar-refractivity contribution in [3.05, 3.63) is 10.4 Å². The molecule has 14 atom stereocenters. The van der Waals surface area contributed by atoms with Crippen molar-refractivity contribution in [2.45, 2.75) is 115 Å². The van der Waals surface area contributed by atoms with Crippen LogP contribution >= 0.6 is 0 Å². The molecule has 6 unspecified atom stereocenters. The fourth-order valence-corrected chi connectivity index (χ4v) is 11.3. The van der Waals surface area contributed by atoms with Gasteiger partial charge in [-0.2, -0.15) is 5.06 Å². The number of hydrogen-bond acceptors (Lipinski definition) is 10. The third-order valence-electron chi connectivity index (χ3n) is 13.6. The first-order valence-electron chi connectivity index (χ1n) is 18.6. The second-order valence-electron chi connectivity index (χ2n) is 17.1. The van der Waals surface area contributed by atoms with Gasteiger partial charge in [0.2, 0.25) is 21.8 Å². The Hall–Kier alpha value is -2.00. The number of fused-ring (bicyclic) bond motifs is 2. The number of aliphatic hydroxyl groups excluding tert-OH is 1. The van der Waals surface area contributed by atoms with E-state index in [-0.39, 0.29) is 53.8 Å². The van der Waals surface area contributed by atoms with Crippen LogP contribution in [0.1, 0.15) is 79.1 Å². The summed E-state index contributed by atoms with van der Waals surface area (Å²) in [4.78, 5) is 38.9. The molecule has 284 valence electrons. The van der Waals surface area contributed by atoms with Crippen LogP contribution in [-0.4, -0.2) is 112 Å². The molecule has 0 aromatic heterocycles. The predicted octanol–water partition coefficient (Wildman–Crippen LogP) is 3.32. The van der Waals surface area contributed by atoms with E-state index in [2.05, 4.69) is 45.7 Å². The van der Waals surface area contributed by atoms with Gasteiger partial charge in [0, 0.05) is 48.4 Å². The SMILES string of the molecule is COC1C(CN2O[C@@H](CN=[N+]=[N-])[C@@H]([C@H](C)O)[C@H]2C(=O)N[C@H]2C[C@H]3C[C@@H]([C@@H]2C)C3(C)C)CCCC1C1CC(C(=O)NS(C)(=O)=O)CC(N(C)C)C1. The van der Waals surface area contributed by atoms with E-state index in [1.165, 1.54) is 6.42 Å². The lowest BCUT2D eigenvalue weighted by molar-refractivity contribution is -0.186. The smallest absolute Gasteiger partial charge is 0.240 e. The topological polar surface area (TPSA) is 186 Å². The highest BCUT2D eigenvalue weighted by atomic mass is 32.2. The molecular formula is C35H61N7O7S. The fraction of sp³-hybridized carbons (Fsp3) is 0.943. The maximum Gasteiger partial charge on any atom is 0.240 e. The molecule has 5 aliphatic carbocycles. The molecule has 14 nitrogen and oxygen atoms in total. The molecule has 0 radical (unpaired) electrons. The molecule has 1 heterocycles. The van der Waals surface area contributed by atoms with E-state index in [1.54, 1.807) is 19.1 Å². The minimum atomic E-state index is -3.68. The summed E-state index contributed by atoms with van der Waals surface area (Å²) < 4.78 is 32.4. The van der Waals surface area contributed by atoms with Gasteiger partial charge in [0.25, 0.3) is 0 Å². The number of hydrogen-bond donors (Lipinski definition) is 3. The molecule has 15 heteroatoms. The molecule has 6 aliphatic rings. The van der Waals surface area contributed by atoms with Crippen LogP contribution in [0, 0.1) is 52.8 Å². The molecule has 6 rings (SSSR count). The van der Waals surface area contributed by atoms with Crippen LogP contribution in [0.25, 0.3) is 10.4 Å². The summed E-state index contributed by atoms with van der Waals surface area (Å²) in [5.41, 5.74) is 9.40. The standard InChI is InChI=1S/C35H61N7O7S/c1-19-27-15-24(35(27,3)4)16-28(19)38-34(45)31-30(20(2)43)29(17-37-40-36)49-42(31)18-21-10-9-11-26(32(21)48-7)22-12-23(14-25(13-22)41(5)6)33(44)39-50(8,46)47/h19-32,43H,9-18H2,1-8H3,(H,38,45)(H,39,44)/t19-,20-,21?,22?,23?,24+,25?,26?,27-,28-,29-,30+,31-,32?/m0/s1. The molecule has 2 amide bonds. The van der Waals surface area contributed by atoms with Gasteiger partial charge in [-0.25, -0.2) is 8.42 Å². The molecular weight excluding hydrogens is 662 g/mol. The number of hydroxylamine groups is 2. The third-order valence-corrected chi connectivity index (χ3v) is 14.2. The average molecular weight is 724 g/mol. The highest BCUT2D eigenvalue weighted by Gasteiger charge is 2.58. The van der Waals surface area contributed by atoms with E-state index >= 15 is 0 Å². The Morgan fingerprint density at radius 1 is 1.16 bits per heavy atom. The van der Waals surface area contributed by atoms with Crippen molar-refractivity contribution in [2.24, 2.45) is 57.9 Å². The van der Waals surface area contributed by atoms with Gasteiger partial charge in [-0.3, -0.25) is 19.1 Å². The van der Waals surface area contributed by atoms with Gasteiger partial charge in [0.1, 0.15) is 6.04 Å². The van der Waals surface area contributed by atoms with Gasteiger partial charge in [-0.15, -0.1) is 0 Å². The van der Waals surface area contributed by atoms with Crippen LogP contribution in [0.3, 0.4) is 0 Å². The number of ether oxygens (including phenoxy) is 1. The van der Waals surface area contributed by atoms with Crippen molar-refractivity contribution < 1.29 is 32.7 Å². The Kier molecular flexibility index (Phi) is 12.2. The van der Waals surface area contributed by atoms with Crippen LogP contribution in [0.5, 0.6) is 0 Å². The minimum Gasteiger partial charge on any atom is -0.393 e. The zero-order valence-corrected chi connectivity index (χ0v) is 32.0. The van der Waals surface area contributed by atoms with Crippen LogP contribution < -0.4 is 10.0 Å². The van der Waals surface area contributed by atoms with Gasteiger partial charge >= 0.3 is 0 Å². The van der Waals surface area contributed by atoms with Crippen LogP contribution in [-0.2, 0) is 29.2 Å². The summed E-state index contributed by atoms with van der Waals surface area (Å²) >= 11 is 0. The molecule has 0 aromatic rings. The summed E-state index contributed by atoms with van der Waals surface area (Å²) in [7, 11) is 2.03. The third kappa shape index (κ3) is 8.14. The Morgan fingerprint density at radius 2 is 1.88 bits per heavy atom. The number of azide groups is 1. The number of amides is 2. The highest BCUT2D eigenvalue weighted by molar-refractivity contribution is 7.89. The fourth-order valence-electron chi connectivity index (χ4n) is 10.8. The summed E-state index contributed by atoms with van der Waals surface area (Å²) in [6.07, 6.45) is 6.14. The number of aliphatic hydroxyl groups is 1.